The van der Waals surface area contributed by atoms with E-state index in [1.807, 2.05) is 0 Å². The van der Waals surface area contributed by atoms with Gasteiger partial charge in [0.1, 0.15) is 5.60 Å². The van der Waals surface area contributed by atoms with Crippen LogP contribution in [0.3, 0.4) is 0 Å². The summed E-state index contributed by atoms with van der Waals surface area (Å²) in [6.07, 6.45) is -1.94. The fourth-order valence-corrected chi connectivity index (χ4v) is 5.49. The van der Waals surface area contributed by atoms with E-state index in [1.54, 1.807) is 6.92 Å². The number of rotatable bonds is 2. The Bertz CT molecular complexity index is 1150. The summed E-state index contributed by atoms with van der Waals surface area (Å²) in [5.41, 5.74) is 0.282. The van der Waals surface area contributed by atoms with Crippen LogP contribution >= 0.6 is 0 Å². The number of carbonyl (C=O) groups excluding carboxylic acids is 3. The molecule has 0 radical (unpaired) electrons. The van der Waals surface area contributed by atoms with Crippen LogP contribution in [0.1, 0.15) is 24.0 Å². The molecule has 0 saturated heterocycles. The predicted octanol–water partition coefficient (Wildman–Crippen LogP) is -4.93. The van der Waals surface area contributed by atoms with Crippen molar-refractivity contribution in [2.45, 2.75) is 30.6 Å². The molecule has 3 aliphatic rings. The number of fused-ring (bicyclic) bond motifs is 3. The summed E-state index contributed by atoms with van der Waals surface area (Å²) < 4.78 is 0. The SMILES string of the molecule is C[C@H]1c2cccc([O-])c2C([O-])=C2C(=O)[C@]3(O)C([O-])=C(C(N)=O)C(=O)[C@@H](N(C)C)[C@@H]3[C@@H]([O-])[C@@H]21.[Ca+2].[Ca+2]. The molecule has 0 bridgehead atoms. The first-order valence-electron chi connectivity index (χ1n) is 9.93. The summed E-state index contributed by atoms with van der Waals surface area (Å²) in [4.78, 5) is 39.6. The molecule has 34 heavy (non-hydrogen) atoms. The van der Waals surface area contributed by atoms with Crippen LogP contribution in [0, 0.1) is 11.8 Å². The van der Waals surface area contributed by atoms with E-state index in [1.165, 1.54) is 31.1 Å². The minimum atomic E-state index is -3.13. The zero-order valence-electron chi connectivity index (χ0n) is 18.9. The van der Waals surface area contributed by atoms with Crippen molar-refractivity contribution < 1.29 is 39.9 Å². The molecule has 1 amide bonds. The standard InChI is InChI=1S/C22H23N2O8.2Ca/c1-7-8-5-4-6-9(25)11(8)16(26)12-10(7)17(27)14-15(24(2)3)18(28)13(21(23)31)20(30)22(14,32)19(12)29;;/h4-7,10,14-15,17,25-26,30,32H,1-3H3,(H2,23,31);;/q-1;2*+2/p-3/t7-,10+,14+,15-,17-,22-;;/m0../s1. The summed E-state index contributed by atoms with van der Waals surface area (Å²) in [5, 5.41) is 63.7. The molecule has 4 rings (SSSR count). The van der Waals surface area contributed by atoms with Gasteiger partial charge in [0.15, 0.2) is 11.6 Å². The monoisotopic (exact) mass is 520 g/mol. The maximum Gasteiger partial charge on any atom is 2.00 e. The Morgan fingerprint density at radius 1 is 1.15 bits per heavy atom. The predicted molar refractivity (Wildman–Crippen MR) is 112 cm³/mol. The van der Waals surface area contributed by atoms with E-state index >= 15 is 0 Å². The molecule has 1 fully saturated rings. The van der Waals surface area contributed by atoms with Crippen LogP contribution in [0.5, 0.6) is 5.75 Å². The summed E-state index contributed by atoms with van der Waals surface area (Å²) in [7, 11) is 2.78. The maximum absolute atomic E-state index is 13.7. The zero-order valence-corrected chi connectivity index (χ0v) is 23.3. The average molecular weight is 521 g/mol. The number of Topliss-reactive ketones (excluding diaryl/α,β-unsaturated/α-hetero) is 2. The van der Waals surface area contributed by atoms with Crippen molar-refractivity contribution in [1.29, 1.82) is 0 Å². The second kappa shape index (κ2) is 9.99. The van der Waals surface area contributed by atoms with Crippen LogP contribution < -0.4 is 26.2 Å². The molecule has 0 aliphatic heterocycles. The number of amides is 1. The van der Waals surface area contributed by atoms with Crippen molar-refractivity contribution in [3.05, 3.63) is 46.2 Å². The quantitative estimate of drug-likeness (QED) is 0.284. The van der Waals surface area contributed by atoms with Gasteiger partial charge in [-0.1, -0.05) is 36.6 Å². The Hall–Kier alpha value is -0.691. The van der Waals surface area contributed by atoms with Crippen molar-refractivity contribution in [2.75, 3.05) is 14.1 Å². The summed E-state index contributed by atoms with van der Waals surface area (Å²) in [6.45, 7) is 1.57. The van der Waals surface area contributed by atoms with E-state index in [-0.39, 0.29) is 86.6 Å². The molecule has 12 heteroatoms. The molecule has 170 valence electrons. The summed E-state index contributed by atoms with van der Waals surface area (Å²) in [6, 6.07) is 2.58. The Balaban J connectivity index is 0.00000204. The van der Waals surface area contributed by atoms with Crippen LogP contribution in [0.25, 0.3) is 5.76 Å². The van der Waals surface area contributed by atoms with E-state index in [0.29, 0.717) is 0 Å². The molecule has 3 N–H and O–H groups in total. The second-order valence-electron chi connectivity index (χ2n) is 8.70. The van der Waals surface area contributed by atoms with Crippen LogP contribution in [0.2, 0.25) is 0 Å². The maximum atomic E-state index is 13.7. The first-order chi connectivity index (χ1) is 14.9. The van der Waals surface area contributed by atoms with Gasteiger partial charge in [0.05, 0.1) is 11.6 Å². The third kappa shape index (κ3) is 3.77. The van der Waals surface area contributed by atoms with Crippen molar-refractivity contribution >= 4 is 98.7 Å². The third-order valence-electron chi connectivity index (χ3n) is 6.90. The van der Waals surface area contributed by atoms with Gasteiger partial charge in [-0.3, -0.25) is 19.3 Å². The first-order valence-corrected chi connectivity index (χ1v) is 9.93. The van der Waals surface area contributed by atoms with Gasteiger partial charge in [-0.15, -0.1) is 11.9 Å². The number of carbonyl (C=O) groups is 3. The van der Waals surface area contributed by atoms with Gasteiger partial charge >= 0.3 is 75.5 Å². The van der Waals surface area contributed by atoms with E-state index in [9.17, 15) is 39.9 Å². The molecule has 10 nitrogen and oxygen atoms in total. The Labute approximate surface area is 255 Å². The molecule has 0 unspecified atom stereocenters. The van der Waals surface area contributed by atoms with Crippen LogP contribution in [0.15, 0.2) is 35.1 Å². The second-order valence-corrected chi connectivity index (χ2v) is 8.70. The number of primary amides is 1. The van der Waals surface area contributed by atoms with Crippen LogP contribution in [-0.2, 0) is 14.4 Å². The molecule has 3 aliphatic carbocycles. The molecule has 6 atom stereocenters. The van der Waals surface area contributed by atoms with Gasteiger partial charge in [-0.25, -0.2) is 0 Å². The van der Waals surface area contributed by atoms with Crippen LogP contribution in [0.4, 0.5) is 0 Å². The van der Waals surface area contributed by atoms with Crippen molar-refractivity contribution in [3.63, 3.8) is 0 Å². The number of ketones is 2. The van der Waals surface area contributed by atoms with Gasteiger partial charge in [0.25, 0.3) is 5.91 Å². The van der Waals surface area contributed by atoms with Gasteiger partial charge in [-0.05, 0) is 42.6 Å². The average Bonchev–Trinajstić information content (AvgIpc) is 2.70. The molecule has 1 saturated carbocycles. The number of hydrogen-bond acceptors (Lipinski definition) is 9. The number of hydrogen-bond donors (Lipinski definition) is 2. The molecular formula is C22H20Ca2N2O8. The van der Waals surface area contributed by atoms with E-state index in [0.717, 1.165) is 6.07 Å². The molecule has 1 aromatic rings. The number of nitrogens with zero attached hydrogens (tertiary/aromatic N) is 1. The normalized spacial score (nSPS) is 32.4. The Kier molecular flexibility index (Phi) is 8.68. The number of nitrogens with two attached hydrogens (primary N) is 1. The van der Waals surface area contributed by atoms with Crippen molar-refractivity contribution in [3.8, 4) is 5.75 Å². The summed E-state index contributed by atoms with van der Waals surface area (Å²) in [5.74, 6) is -11.0. The fourth-order valence-electron chi connectivity index (χ4n) is 5.49. The minimum Gasteiger partial charge on any atom is -0.873 e. The zero-order chi connectivity index (χ0) is 23.9. The topological polar surface area (TPSA) is 193 Å². The number of likely N-dealkylation sites (N-methyl/N-ethyl adjacent to an activating group) is 1. The van der Waals surface area contributed by atoms with E-state index in [2.05, 4.69) is 0 Å². The van der Waals surface area contributed by atoms with E-state index in [4.69, 9.17) is 5.73 Å². The fraction of sp³-hybridized carbons (Fsp3) is 0.409. The molecule has 0 heterocycles. The largest absolute Gasteiger partial charge is 2.00 e. The Morgan fingerprint density at radius 2 is 1.74 bits per heavy atom. The number of benzene rings is 1. The molecule has 1 aromatic carbocycles. The Morgan fingerprint density at radius 3 is 2.26 bits per heavy atom. The first kappa shape index (κ1) is 29.5. The number of aliphatic hydroxyl groups is 1. The van der Waals surface area contributed by atoms with E-state index < -0.39 is 81.4 Å². The molecule has 0 spiro atoms. The van der Waals surface area contributed by atoms with Crippen molar-refractivity contribution in [2.24, 2.45) is 17.6 Å². The molecule has 0 aromatic heterocycles. The van der Waals surface area contributed by atoms with Gasteiger partial charge < -0.3 is 31.3 Å². The smallest absolute Gasteiger partial charge is 0.873 e. The minimum absolute atomic E-state index is 0. The third-order valence-corrected chi connectivity index (χ3v) is 6.90. The molecular weight excluding hydrogens is 500 g/mol. The summed E-state index contributed by atoms with van der Waals surface area (Å²) >= 11 is 0. The van der Waals surface area contributed by atoms with Gasteiger partial charge in [0, 0.05) is 5.92 Å². The van der Waals surface area contributed by atoms with Crippen molar-refractivity contribution in [1.82, 2.24) is 4.90 Å². The van der Waals surface area contributed by atoms with Crippen LogP contribution in [-0.4, -0.2) is 135 Å². The van der Waals surface area contributed by atoms with Gasteiger partial charge in [-0.2, -0.15) is 0 Å². The van der Waals surface area contributed by atoms with Gasteiger partial charge in [0.2, 0.25) is 0 Å².